The van der Waals surface area contributed by atoms with E-state index >= 15 is 0 Å². The van der Waals surface area contributed by atoms with E-state index in [0.29, 0.717) is 54.7 Å². The van der Waals surface area contributed by atoms with E-state index in [1.807, 2.05) is 0 Å². The number of aromatic amines is 1. The second-order valence-electron chi connectivity index (χ2n) is 7.19. The van der Waals surface area contributed by atoms with Crippen molar-refractivity contribution in [3.63, 3.8) is 0 Å². The minimum Gasteiger partial charge on any atom is -0.493 e. The van der Waals surface area contributed by atoms with E-state index in [0.717, 1.165) is 12.8 Å². The van der Waals surface area contributed by atoms with E-state index in [1.165, 1.54) is 12.5 Å². The molecule has 0 unspecified atom stereocenters. The Morgan fingerprint density at radius 3 is 2.61 bits per heavy atom. The van der Waals surface area contributed by atoms with E-state index < -0.39 is 0 Å². The van der Waals surface area contributed by atoms with Gasteiger partial charge in [0.05, 0.1) is 19.6 Å². The number of piperidine rings is 1. The molecular formula is C20H24N4O4. The van der Waals surface area contributed by atoms with Crippen molar-refractivity contribution in [3.8, 4) is 11.5 Å². The second-order valence-corrected chi connectivity index (χ2v) is 7.19. The highest BCUT2D eigenvalue weighted by Crippen LogP contribution is 2.31. The summed E-state index contributed by atoms with van der Waals surface area (Å²) in [6.07, 6.45) is 6.50. The van der Waals surface area contributed by atoms with Crippen LogP contribution in [0.15, 0.2) is 30.7 Å². The van der Waals surface area contributed by atoms with Crippen LogP contribution in [0.25, 0.3) is 0 Å². The van der Waals surface area contributed by atoms with Crippen LogP contribution in [0.1, 0.15) is 46.5 Å². The van der Waals surface area contributed by atoms with Crippen molar-refractivity contribution in [1.82, 2.24) is 20.2 Å². The highest BCUT2D eigenvalue weighted by molar-refractivity contribution is 5.95. The summed E-state index contributed by atoms with van der Waals surface area (Å²) >= 11 is 0. The Bertz CT molecular complexity index is 840. The lowest BCUT2D eigenvalue weighted by Crippen LogP contribution is -2.42. The van der Waals surface area contributed by atoms with Crippen molar-refractivity contribution >= 4 is 11.8 Å². The molecule has 0 bridgehead atoms. The molecule has 2 fully saturated rings. The zero-order chi connectivity index (χ0) is 19.5. The number of hydrogen-bond acceptors (Lipinski definition) is 5. The number of rotatable bonds is 6. The molecule has 28 heavy (non-hydrogen) atoms. The maximum absolute atomic E-state index is 12.4. The quantitative estimate of drug-likeness (QED) is 0.794. The number of aromatic nitrogens is 2. The maximum Gasteiger partial charge on any atom is 0.271 e. The third-order valence-electron chi connectivity index (χ3n) is 5.09. The van der Waals surface area contributed by atoms with E-state index in [9.17, 15) is 9.59 Å². The highest BCUT2D eigenvalue weighted by Gasteiger charge is 2.27. The Kier molecular flexibility index (Phi) is 5.18. The molecule has 1 aromatic heterocycles. The summed E-state index contributed by atoms with van der Waals surface area (Å²) < 4.78 is 11.5. The van der Waals surface area contributed by atoms with Crippen LogP contribution in [0.5, 0.6) is 11.5 Å². The molecule has 8 nitrogen and oxygen atoms in total. The maximum atomic E-state index is 12.4. The normalized spacial score (nSPS) is 17.2. The van der Waals surface area contributed by atoms with E-state index in [4.69, 9.17) is 9.47 Å². The monoisotopic (exact) mass is 384 g/mol. The number of imidazole rings is 1. The summed E-state index contributed by atoms with van der Waals surface area (Å²) in [5.41, 5.74) is 1.06. The van der Waals surface area contributed by atoms with Crippen LogP contribution in [-0.4, -0.2) is 59.0 Å². The zero-order valence-electron chi connectivity index (χ0n) is 15.8. The molecule has 4 rings (SSSR count). The van der Waals surface area contributed by atoms with Crippen molar-refractivity contribution in [2.45, 2.75) is 37.8 Å². The van der Waals surface area contributed by atoms with Gasteiger partial charge < -0.3 is 24.7 Å². The van der Waals surface area contributed by atoms with Crippen LogP contribution in [0.2, 0.25) is 0 Å². The minimum absolute atomic E-state index is 0.0403. The number of nitrogens with one attached hydrogen (secondary N) is 2. The van der Waals surface area contributed by atoms with Gasteiger partial charge in [-0.3, -0.25) is 9.59 Å². The number of methoxy groups -OCH3 is 1. The van der Waals surface area contributed by atoms with Crippen LogP contribution in [0.3, 0.4) is 0 Å². The van der Waals surface area contributed by atoms with Crippen molar-refractivity contribution in [2.24, 2.45) is 0 Å². The minimum atomic E-state index is -0.0880. The molecule has 2 aromatic rings. The molecule has 0 atom stereocenters. The fourth-order valence-electron chi connectivity index (χ4n) is 3.31. The van der Waals surface area contributed by atoms with E-state index in [-0.39, 0.29) is 17.9 Å². The van der Waals surface area contributed by atoms with Crippen molar-refractivity contribution in [2.75, 3.05) is 20.2 Å². The lowest BCUT2D eigenvalue weighted by atomic mass is 10.1. The van der Waals surface area contributed by atoms with Gasteiger partial charge in [0.25, 0.3) is 11.8 Å². The summed E-state index contributed by atoms with van der Waals surface area (Å²) in [4.78, 5) is 33.2. The van der Waals surface area contributed by atoms with Gasteiger partial charge in [-0.1, -0.05) is 0 Å². The molecule has 0 radical (unpaired) electrons. The van der Waals surface area contributed by atoms with Crippen LogP contribution in [0.4, 0.5) is 0 Å². The fraction of sp³-hybridized carbons (Fsp3) is 0.450. The third kappa shape index (κ3) is 4.11. The first-order valence-corrected chi connectivity index (χ1v) is 9.57. The number of likely N-dealkylation sites (tertiary alicyclic amines) is 1. The van der Waals surface area contributed by atoms with Gasteiger partial charge in [-0.05, 0) is 31.0 Å². The van der Waals surface area contributed by atoms with Gasteiger partial charge in [-0.15, -0.1) is 0 Å². The predicted octanol–water partition coefficient (Wildman–Crippen LogP) is 1.99. The summed E-state index contributed by atoms with van der Waals surface area (Å²) in [5, 5.41) is 2.98. The van der Waals surface area contributed by atoms with Gasteiger partial charge in [0.15, 0.2) is 11.5 Å². The smallest absolute Gasteiger partial charge is 0.271 e. The summed E-state index contributed by atoms with van der Waals surface area (Å²) in [6.45, 7) is 1.21. The van der Waals surface area contributed by atoms with Gasteiger partial charge >= 0.3 is 0 Å². The first kappa shape index (κ1) is 18.3. The third-order valence-corrected chi connectivity index (χ3v) is 5.09. The van der Waals surface area contributed by atoms with Crippen LogP contribution in [0, 0.1) is 0 Å². The number of nitrogens with zero attached hydrogens (tertiary/aromatic N) is 2. The molecule has 1 aliphatic carbocycles. The molecule has 2 N–H and O–H groups in total. The number of benzene rings is 1. The molecule has 2 aliphatic rings. The molecule has 1 saturated heterocycles. The highest BCUT2D eigenvalue weighted by atomic mass is 16.5. The number of amides is 2. The van der Waals surface area contributed by atoms with Crippen LogP contribution >= 0.6 is 0 Å². The van der Waals surface area contributed by atoms with Crippen LogP contribution in [-0.2, 0) is 0 Å². The van der Waals surface area contributed by atoms with E-state index in [2.05, 4.69) is 15.3 Å². The molecule has 1 aliphatic heterocycles. The number of ether oxygens (including phenoxy) is 2. The number of carbonyl (C=O) groups excluding carboxylic acids is 2. The summed E-state index contributed by atoms with van der Waals surface area (Å²) in [6, 6.07) is 5.54. The largest absolute Gasteiger partial charge is 0.493 e. The molecule has 148 valence electrons. The predicted molar refractivity (Wildman–Crippen MR) is 102 cm³/mol. The molecule has 2 amide bonds. The lowest BCUT2D eigenvalue weighted by molar-refractivity contribution is 0.0585. The fourth-order valence-corrected chi connectivity index (χ4v) is 3.31. The molecule has 2 heterocycles. The average molecular weight is 384 g/mol. The number of H-pyrrole nitrogens is 1. The van der Waals surface area contributed by atoms with E-state index in [1.54, 1.807) is 30.2 Å². The summed E-state index contributed by atoms with van der Waals surface area (Å²) in [7, 11) is 1.58. The molecule has 1 aromatic carbocycles. The van der Waals surface area contributed by atoms with Gasteiger partial charge in [0, 0.05) is 37.5 Å². The molecular weight excluding hydrogens is 360 g/mol. The van der Waals surface area contributed by atoms with Gasteiger partial charge in [0.1, 0.15) is 11.8 Å². The summed E-state index contributed by atoms with van der Waals surface area (Å²) in [5.74, 6) is 1.02. The lowest BCUT2D eigenvalue weighted by Gasteiger charge is -2.32. The Morgan fingerprint density at radius 2 is 1.96 bits per heavy atom. The van der Waals surface area contributed by atoms with Gasteiger partial charge in [-0.2, -0.15) is 0 Å². The molecule has 1 saturated carbocycles. The van der Waals surface area contributed by atoms with Gasteiger partial charge in [-0.25, -0.2) is 4.98 Å². The Balaban J connectivity index is 1.38. The Labute approximate surface area is 163 Å². The van der Waals surface area contributed by atoms with Crippen molar-refractivity contribution in [3.05, 3.63) is 42.0 Å². The van der Waals surface area contributed by atoms with Crippen molar-refractivity contribution in [1.29, 1.82) is 0 Å². The zero-order valence-corrected chi connectivity index (χ0v) is 15.8. The SMILES string of the molecule is COc1ccc(C(=O)NC2CC2)cc1OC1CCN(C(=O)c2cnc[nH]2)CC1. The van der Waals surface area contributed by atoms with Crippen LogP contribution < -0.4 is 14.8 Å². The number of carbonyl (C=O) groups is 2. The molecule has 8 heteroatoms. The van der Waals surface area contributed by atoms with Gasteiger partial charge in [0.2, 0.25) is 0 Å². The Morgan fingerprint density at radius 1 is 1.18 bits per heavy atom. The Hall–Kier alpha value is -3.03. The second kappa shape index (κ2) is 7.92. The van der Waals surface area contributed by atoms with Crippen molar-refractivity contribution < 1.29 is 19.1 Å². The topological polar surface area (TPSA) is 96.6 Å². The first-order chi connectivity index (χ1) is 13.6. The standard InChI is InChI=1S/C20H24N4O4/c1-27-17-5-2-13(19(25)23-14-3-4-14)10-18(17)28-15-6-8-24(9-7-15)20(26)16-11-21-12-22-16/h2,5,10-12,14-15H,3-4,6-9H2,1H3,(H,21,22)(H,23,25). The number of hydrogen-bond donors (Lipinski definition) is 2. The average Bonchev–Trinajstić information content (AvgIpc) is 3.36. The first-order valence-electron chi connectivity index (χ1n) is 9.57. The molecule has 0 spiro atoms.